The average Bonchev–Trinajstić information content (AvgIpc) is 2.73. The summed E-state index contributed by atoms with van der Waals surface area (Å²) in [5, 5.41) is 6.10. The molecule has 0 bridgehead atoms. The number of hydrogen-bond donors (Lipinski definition) is 1. The van der Waals surface area contributed by atoms with Crippen molar-refractivity contribution >= 4 is 11.5 Å². The van der Waals surface area contributed by atoms with Crippen LogP contribution in [0.2, 0.25) is 0 Å². The van der Waals surface area contributed by atoms with Gasteiger partial charge in [-0.15, -0.1) is 5.10 Å². The van der Waals surface area contributed by atoms with E-state index >= 15 is 0 Å². The highest BCUT2D eigenvalue weighted by Gasteiger charge is 2.25. The van der Waals surface area contributed by atoms with Crippen LogP contribution in [0, 0.1) is 5.92 Å². The van der Waals surface area contributed by atoms with Gasteiger partial charge in [-0.1, -0.05) is 11.4 Å². The van der Waals surface area contributed by atoms with Crippen LogP contribution in [-0.4, -0.2) is 33.6 Å². The molecule has 0 spiro atoms. The van der Waals surface area contributed by atoms with Crippen molar-refractivity contribution in [1.82, 2.24) is 14.5 Å². The number of hydrogen-bond acceptors (Lipinski definition) is 5. The van der Waals surface area contributed by atoms with Crippen molar-refractivity contribution in [1.29, 1.82) is 0 Å². The lowest BCUT2D eigenvalue weighted by Gasteiger charge is -2.37. The summed E-state index contributed by atoms with van der Waals surface area (Å²) >= 11 is 1.42. The summed E-state index contributed by atoms with van der Waals surface area (Å²) in [6.45, 7) is 5.11. The summed E-state index contributed by atoms with van der Waals surface area (Å²) in [4.78, 5) is 2.44. The fourth-order valence-electron chi connectivity index (χ4n) is 2.21. The van der Waals surface area contributed by atoms with E-state index in [-0.39, 0.29) is 0 Å². The summed E-state index contributed by atoms with van der Waals surface area (Å²) in [5.74, 6) is 0.809. The quantitative estimate of drug-likeness (QED) is 0.838. The molecule has 1 aromatic rings. The predicted molar refractivity (Wildman–Crippen MR) is 61.6 cm³/mol. The summed E-state index contributed by atoms with van der Waals surface area (Å²) < 4.78 is 3.89. The fourth-order valence-corrected chi connectivity index (χ4v) is 2.66. The van der Waals surface area contributed by atoms with E-state index in [2.05, 4.69) is 21.4 Å². The summed E-state index contributed by atoms with van der Waals surface area (Å²) in [6.07, 6.45) is 2.49. The van der Waals surface area contributed by atoms with E-state index in [0.29, 0.717) is 6.04 Å². The molecule has 1 fully saturated rings. The Morgan fingerprint density at radius 3 is 3.20 bits per heavy atom. The Morgan fingerprint density at radius 2 is 2.53 bits per heavy atom. The standard InChI is InChI=1S/C10H18N4S/c1-8-2-3-14(10(4-8)5-11)6-9-7-15-13-12-9/h7-8,10H,2-6,11H2,1H3. The van der Waals surface area contributed by atoms with Gasteiger partial charge in [0.1, 0.15) is 0 Å². The maximum atomic E-state index is 5.81. The number of likely N-dealkylation sites (tertiary alicyclic amines) is 1. The van der Waals surface area contributed by atoms with Crippen LogP contribution in [0.25, 0.3) is 0 Å². The Kier molecular flexibility index (Phi) is 3.66. The first-order valence-corrected chi connectivity index (χ1v) is 6.33. The molecule has 2 heterocycles. The molecule has 0 amide bonds. The second-order valence-corrected chi connectivity index (χ2v) is 5.00. The van der Waals surface area contributed by atoms with Crippen LogP contribution in [0.5, 0.6) is 0 Å². The topological polar surface area (TPSA) is 55.0 Å². The molecule has 15 heavy (non-hydrogen) atoms. The zero-order chi connectivity index (χ0) is 10.7. The van der Waals surface area contributed by atoms with Gasteiger partial charge in [0.15, 0.2) is 0 Å². The molecule has 2 atom stereocenters. The Labute approximate surface area is 94.6 Å². The molecule has 1 saturated heterocycles. The molecule has 0 aliphatic carbocycles. The molecule has 0 saturated carbocycles. The third kappa shape index (κ3) is 2.74. The Hall–Kier alpha value is -0.520. The molecule has 0 radical (unpaired) electrons. The molecular weight excluding hydrogens is 208 g/mol. The van der Waals surface area contributed by atoms with Crippen molar-refractivity contribution in [3.05, 3.63) is 11.1 Å². The molecule has 1 aliphatic heterocycles. The first-order chi connectivity index (χ1) is 7.29. The number of piperidine rings is 1. The normalized spacial score (nSPS) is 28.1. The van der Waals surface area contributed by atoms with Gasteiger partial charge in [0.25, 0.3) is 0 Å². The van der Waals surface area contributed by atoms with E-state index in [1.807, 2.05) is 5.38 Å². The van der Waals surface area contributed by atoms with Crippen molar-refractivity contribution in [2.24, 2.45) is 11.7 Å². The Morgan fingerprint density at radius 1 is 1.67 bits per heavy atom. The van der Waals surface area contributed by atoms with Crippen molar-refractivity contribution in [3.63, 3.8) is 0 Å². The Bertz CT molecular complexity index is 288. The zero-order valence-electron chi connectivity index (χ0n) is 9.09. The molecule has 5 heteroatoms. The number of aromatic nitrogens is 2. The smallest absolute Gasteiger partial charge is 0.0895 e. The minimum Gasteiger partial charge on any atom is -0.329 e. The SMILES string of the molecule is CC1CCN(Cc2csnn2)C(CN)C1. The first kappa shape index (κ1) is 11.0. The van der Waals surface area contributed by atoms with Crippen LogP contribution in [0.15, 0.2) is 5.38 Å². The highest BCUT2D eigenvalue weighted by molar-refractivity contribution is 7.03. The van der Waals surface area contributed by atoms with Gasteiger partial charge in [-0.2, -0.15) is 0 Å². The Balaban J connectivity index is 1.95. The lowest BCUT2D eigenvalue weighted by atomic mass is 9.92. The van der Waals surface area contributed by atoms with Gasteiger partial charge in [-0.05, 0) is 36.8 Å². The minimum atomic E-state index is 0.524. The maximum absolute atomic E-state index is 5.81. The molecule has 0 aromatic carbocycles. The summed E-state index contributed by atoms with van der Waals surface area (Å²) in [6, 6.07) is 0.524. The lowest BCUT2D eigenvalue weighted by Crippen LogP contribution is -2.45. The van der Waals surface area contributed by atoms with Gasteiger partial charge in [0, 0.05) is 24.5 Å². The summed E-state index contributed by atoms with van der Waals surface area (Å²) in [5.41, 5.74) is 6.89. The van der Waals surface area contributed by atoms with Crippen molar-refractivity contribution < 1.29 is 0 Å². The minimum absolute atomic E-state index is 0.524. The molecule has 1 aromatic heterocycles. The van der Waals surface area contributed by atoms with E-state index in [0.717, 1.165) is 31.2 Å². The van der Waals surface area contributed by atoms with Gasteiger partial charge in [-0.3, -0.25) is 4.90 Å². The molecule has 1 aliphatic rings. The van der Waals surface area contributed by atoms with Crippen molar-refractivity contribution in [3.8, 4) is 0 Å². The van der Waals surface area contributed by atoms with Gasteiger partial charge in [0.05, 0.1) is 5.69 Å². The second-order valence-electron chi connectivity index (χ2n) is 4.39. The molecule has 2 unspecified atom stereocenters. The summed E-state index contributed by atoms with van der Waals surface area (Å²) in [7, 11) is 0. The third-order valence-corrected chi connectivity index (χ3v) is 3.70. The predicted octanol–water partition coefficient (Wildman–Crippen LogP) is 1.10. The maximum Gasteiger partial charge on any atom is 0.0895 e. The average molecular weight is 226 g/mol. The van der Waals surface area contributed by atoms with Gasteiger partial charge < -0.3 is 5.73 Å². The number of rotatable bonds is 3. The second kappa shape index (κ2) is 5.01. The van der Waals surface area contributed by atoms with Gasteiger partial charge in [-0.25, -0.2) is 0 Å². The molecule has 2 rings (SSSR count). The zero-order valence-corrected chi connectivity index (χ0v) is 9.91. The number of nitrogens with two attached hydrogens (primary N) is 1. The molecule has 84 valence electrons. The van der Waals surface area contributed by atoms with E-state index < -0.39 is 0 Å². The van der Waals surface area contributed by atoms with Gasteiger partial charge >= 0.3 is 0 Å². The van der Waals surface area contributed by atoms with Gasteiger partial charge in [0.2, 0.25) is 0 Å². The molecule has 2 N–H and O–H groups in total. The van der Waals surface area contributed by atoms with Crippen LogP contribution in [0.3, 0.4) is 0 Å². The van der Waals surface area contributed by atoms with Crippen LogP contribution >= 0.6 is 11.5 Å². The van der Waals surface area contributed by atoms with Crippen LogP contribution in [0.1, 0.15) is 25.5 Å². The van der Waals surface area contributed by atoms with Crippen molar-refractivity contribution in [2.75, 3.05) is 13.1 Å². The molecule has 4 nitrogen and oxygen atoms in total. The first-order valence-electron chi connectivity index (χ1n) is 5.49. The van der Waals surface area contributed by atoms with E-state index in [1.54, 1.807) is 0 Å². The van der Waals surface area contributed by atoms with E-state index in [4.69, 9.17) is 5.73 Å². The molecular formula is C10H18N4S. The van der Waals surface area contributed by atoms with Crippen LogP contribution in [-0.2, 0) is 6.54 Å². The highest BCUT2D eigenvalue weighted by atomic mass is 32.1. The number of nitrogens with zero attached hydrogens (tertiary/aromatic N) is 3. The monoisotopic (exact) mass is 226 g/mol. The lowest BCUT2D eigenvalue weighted by molar-refractivity contribution is 0.114. The third-order valence-electron chi connectivity index (χ3n) is 3.14. The fraction of sp³-hybridized carbons (Fsp3) is 0.800. The van der Waals surface area contributed by atoms with E-state index in [1.165, 1.54) is 24.4 Å². The van der Waals surface area contributed by atoms with E-state index in [9.17, 15) is 0 Å². The van der Waals surface area contributed by atoms with Crippen molar-refractivity contribution in [2.45, 2.75) is 32.4 Å². The van der Waals surface area contributed by atoms with Crippen LogP contribution < -0.4 is 5.73 Å². The highest BCUT2D eigenvalue weighted by Crippen LogP contribution is 2.23. The van der Waals surface area contributed by atoms with Crippen LogP contribution in [0.4, 0.5) is 0 Å². The largest absolute Gasteiger partial charge is 0.329 e.